The first-order valence-electron chi connectivity index (χ1n) is 4.66. The lowest BCUT2D eigenvalue weighted by atomic mass is 10.3. The lowest BCUT2D eigenvalue weighted by Gasteiger charge is -2.08. The summed E-state index contributed by atoms with van der Waals surface area (Å²) < 4.78 is 5.03. The van der Waals surface area contributed by atoms with Gasteiger partial charge in [-0.15, -0.1) is 0 Å². The molecule has 5 heteroatoms. The van der Waals surface area contributed by atoms with Crippen molar-refractivity contribution >= 4 is 11.8 Å². The number of hydrogen-bond acceptors (Lipinski definition) is 5. The van der Waals surface area contributed by atoms with Gasteiger partial charge >= 0.3 is 0 Å². The first kappa shape index (κ1) is 12.1. The number of aromatic hydroxyl groups is 1. The molecule has 1 aromatic rings. The molecule has 0 saturated heterocycles. The zero-order chi connectivity index (χ0) is 11.3. The van der Waals surface area contributed by atoms with Gasteiger partial charge in [0.25, 0.3) is 0 Å². The maximum atomic E-state index is 11.1. The van der Waals surface area contributed by atoms with E-state index in [-0.39, 0.29) is 12.4 Å². The summed E-state index contributed by atoms with van der Waals surface area (Å²) in [5, 5.41) is 18.0. The van der Waals surface area contributed by atoms with Crippen LogP contribution in [-0.4, -0.2) is 22.1 Å². The van der Waals surface area contributed by atoms with Crippen LogP contribution in [0.5, 0.6) is 5.75 Å². The zero-order valence-corrected chi connectivity index (χ0v) is 9.29. The Morgan fingerprint density at radius 1 is 1.60 bits per heavy atom. The molecule has 1 rings (SSSR count). The third-order valence-corrected chi connectivity index (χ3v) is 3.17. The fourth-order valence-corrected chi connectivity index (χ4v) is 1.88. The standard InChI is InChI=1S/C10H14O4S/c1-7(2-3-11)15-6-8-4-9(12)10(13)5-14-8/h4-5,7,11,13H,2-3,6H2,1H3. The highest BCUT2D eigenvalue weighted by Gasteiger charge is 2.05. The number of aliphatic hydroxyl groups excluding tert-OH is 1. The van der Waals surface area contributed by atoms with Gasteiger partial charge in [0, 0.05) is 17.9 Å². The van der Waals surface area contributed by atoms with Crippen LogP contribution in [0.25, 0.3) is 0 Å². The van der Waals surface area contributed by atoms with Crippen molar-refractivity contribution in [2.45, 2.75) is 24.3 Å². The Morgan fingerprint density at radius 3 is 2.93 bits per heavy atom. The van der Waals surface area contributed by atoms with E-state index >= 15 is 0 Å². The van der Waals surface area contributed by atoms with Crippen molar-refractivity contribution in [3.05, 3.63) is 28.3 Å². The minimum Gasteiger partial charge on any atom is -0.502 e. The summed E-state index contributed by atoms with van der Waals surface area (Å²) in [5.74, 6) is 0.733. The monoisotopic (exact) mass is 230 g/mol. The number of aliphatic hydroxyl groups is 1. The molecule has 0 aliphatic carbocycles. The first-order valence-corrected chi connectivity index (χ1v) is 5.71. The molecule has 0 aliphatic rings. The minimum absolute atomic E-state index is 0.160. The van der Waals surface area contributed by atoms with E-state index in [9.17, 15) is 4.79 Å². The van der Waals surface area contributed by atoms with Crippen molar-refractivity contribution in [2.24, 2.45) is 0 Å². The van der Waals surface area contributed by atoms with E-state index < -0.39 is 5.43 Å². The highest BCUT2D eigenvalue weighted by molar-refractivity contribution is 7.99. The molecule has 2 N–H and O–H groups in total. The van der Waals surface area contributed by atoms with Gasteiger partial charge in [-0.05, 0) is 6.42 Å². The van der Waals surface area contributed by atoms with Gasteiger partial charge in [-0.3, -0.25) is 4.79 Å². The summed E-state index contributed by atoms with van der Waals surface area (Å²) in [5.41, 5.74) is -0.424. The van der Waals surface area contributed by atoms with Gasteiger partial charge < -0.3 is 14.6 Å². The molecular formula is C10H14O4S. The molecule has 0 aromatic carbocycles. The molecular weight excluding hydrogens is 216 g/mol. The van der Waals surface area contributed by atoms with Crippen LogP contribution in [-0.2, 0) is 5.75 Å². The normalized spacial score (nSPS) is 12.7. The lowest BCUT2D eigenvalue weighted by Crippen LogP contribution is -2.02. The van der Waals surface area contributed by atoms with Crippen LogP contribution in [0.3, 0.4) is 0 Å². The van der Waals surface area contributed by atoms with Crippen LogP contribution in [0.4, 0.5) is 0 Å². The zero-order valence-electron chi connectivity index (χ0n) is 8.47. The average molecular weight is 230 g/mol. The Balaban J connectivity index is 2.51. The van der Waals surface area contributed by atoms with Crippen molar-refractivity contribution in [2.75, 3.05) is 6.61 Å². The molecule has 0 saturated carbocycles. The van der Waals surface area contributed by atoms with Crippen LogP contribution in [0.1, 0.15) is 19.1 Å². The maximum absolute atomic E-state index is 11.1. The summed E-state index contributed by atoms with van der Waals surface area (Å²) in [6, 6.07) is 1.29. The molecule has 0 amide bonds. The average Bonchev–Trinajstić information content (AvgIpc) is 2.20. The molecule has 84 valence electrons. The van der Waals surface area contributed by atoms with Crippen LogP contribution in [0.2, 0.25) is 0 Å². The van der Waals surface area contributed by atoms with E-state index in [2.05, 4.69) is 0 Å². The SMILES string of the molecule is CC(CCO)SCc1cc(=O)c(O)co1. The van der Waals surface area contributed by atoms with Gasteiger partial charge in [0.05, 0.1) is 5.75 Å². The Hall–Kier alpha value is -0.940. The lowest BCUT2D eigenvalue weighted by molar-refractivity contribution is 0.289. The molecule has 1 heterocycles. The topological polar surface area (TPSA) is 70.7 Å². The second kappa shape index (κ2) is 5.82. The summed E-state index contributed by atoms with van der Waals surface area (Å²) in [7, 11) is 0. The van der Waals surface area contributed by atoms with E-state index in [1.165, 1.54) is 6.07 Å². The fraction of sp³-hybridized carbons (Fsp3) is 0.500. The van der Waals surface area contributed by atoms with Crippen LogP contribution in [0.15, 0.2) is 21.5 Å². The van der Waals surface area contributed by atoms with E-state index in [0.29, 0.717) is 23.2 Å². The molecule has 1 atom stereocenters. The minimum atomic E-state index is -0.424. The second-order valence-corrected chi connectivity index (χ2v) is 4.66. The highest BCUT2D eigenvalue weighted by atomic mass is 32.2. The molecule has 4 nitrogen and oxygen atoms in total. The van der Waals surface area contributed by atoms with E-state index in [1.807, 2.05) is 6.92 Å². The predicted octanol–water partition coefficient (Wildman–Crippen LogP) is 1.35. The molecule has 1 aromatic heterocycles. The van der Waals surface area contributed by atoms with E-state index in [4.69, 9.17) is 14.6 Å². The van der Waals surface area contributed by atoms with Crippen LogP contribution < -0.4 is 5.43 Å². The molecule has 0 aliphatic heterocycles. The van der Waals surface area contributed by atoms with Crippen molar-refractivity contribution < 1.29 is 14.6 Å². The van der Waals surface area contributed by atoms with Crippen LogP contribution >= 0.6 is 11.8 Å². The van der Waals surface area contributed by atoms with Gasteiger partial charge in [-0.2, -0.15) is 11.8 Å². The first-order chi connectivity index (χ1) is 7.13. The quantitative estimate of drug-likeness (QED) is 0.799. The summed E-state index contributed by atoms with van der Waals surface area (Å²) >= 11 is 1.59. The Kier molecular flexibility index (Phi) is 4.71. The van der Waals surface area contributed by atoms with Crippen molar-refractivity contribution in [3.63, 3.8) is 0 Å². The van der Waals surface area contributed by atoms with Gasteiger partial charge in [0.15, 0.2) is 5.75 Å². The van der Waals surface area contributed by atoms with Gasteiger partial charge in [0.1, 0.15) is 12.0 Å². The summed E-state index contributed by atoms with van der Waals surface area (Å²) in [6.45, 7) is 2.16. The third kappa shape index (κ3) is 3.97. The Bertz CT molecular complexity index is 361. The number of hydrogen-bond donors (Lipinski definition) is 2. The second-order valence-electron chi connectivity index (χ2n) is 3.23. The predicted molar refractivity (Wildman–Crippen MR) is 59.1 cm³/mol. The largest absolute Gasteiger partial charge is 0.502 e. The number of thioether (sulfide) groups is 1. The number of rotatable bonds is 5. The van der Waals surface area contributed by atoms with E-state index in [0.717, 1.165) is 6.26 Å². The Labute approximate surface area is 91.9 Å². The molecule has 0 bridgehead atoms. The molecule has 0 radical (unpaired) electrons. The van der Waals surface area contributed by atoms with Crippen LogP contribution in [0, 0.1) is 0 Å². The van der Waals surface area contributed by atoms with Crippen molar-refractivity contribution in [3.8, 4) is 5.75 Å². The molecule has 1 unspecified atom stereocenters. The molecule has 0 fully saturated rings. The smallest absolute Gasteiger partial charge is 0.226 e. The molecule has 15 heavy (non-hydrogen) atoms. The van der Waals surface area contributed by atoms with Gasteiger partial charge in [0.2, 0.25) is 5.43 Å². The maximum Gasteiger partial charge on any atom is 0.226 e. The summed E-state index contributed by atoms with van der Waals surface area (Å²) in [4.78, 5) is 11.1. The van der Waals surface area contributed by atoms with Gasteiger partial charge in [-0.25, -0.2) is 0 Å². The third-order valence-electron chi connectivity index (χ3n) is 1.91. The molecule has 0 spiro atoms. The van der Waals surface area contributed by atoms with E-state index in [1.54, 1.807) is 11.8 Å². The Morgan fingerprint density at radius 2 is 2.33 bits per heavy atom. The van der Waals surface area contributed by atoms with Crippen molar-refractivity contribution in [1.29, 1.82) is 0 Å². The summed E-state index contributed by atoms with van der Waals surface area (Å²) in [6.07, 6.45) is 1.77. The van der Waals surface area contributed by atoms with Crippen molar-refractivity contribution in [1.82, 2.24) is 0 Å². The van der Waals surface area contributed by atoms with Gasteiger partial charge in [-0.1, -0.05) is 6.92 Å². The fourth-order valence-electron chi connectivity index (χ4n) is 1.01. The highest BCUT2D eigenvalue weighted by Crippen LogP contribution is 2.19.